The molecule has 1 saturated heterocycles. The molecule has 11 heteroatoms. The van der Waals surface area contributed by atoms with Gasteiger partial charge in [-0.2, -0.15) is 29.2 Å². The third-order valence-electron chi connectivity index (χ3n) is 5.19. The molecule has 0 spiro atoms. The Balaban J connectivity index is 1.84. The first kappa shape index (κ1) is 23.6. The molecule has 0 bridgehead atoms. The fraction of sp³-hybridized carbons (Fsp3) is 0.941. The van der Waals surface area contributed by atoms with E-state index in [4.69, 9.17) is 0 Å². The molecule has 0 radical (unpaired) electrons. The number of hydrogen-bond acceptors (Lipinski definition) is 4. The second kappa shape index (κ2) is 10.4. The second-order valence-electron chi connectivity index (χ2n) is 7.24. The van der Waals surface area contributed by atoms with Crippen LogP contribution in [-0.2, 0) is 10.0 Å². The normalized spacial score (nSPS) is 25.8. The topological polar surface area (TPSA) is 73.8 Å². The van der Waals surface area contributed by atoms with E-state index in [-0.39, 0.29) is 19.0 Å². The molecule has 2 rings (SSSR count). The first-order chi connectivity index (χ1) is 13.2. The third-order valence-corrected chi connectivity index (χ3v) is 8.05. The van der Waals surface area contributed by atoms with Gasteiger partial charge < -0.3 is 10.6 Å². The van der Waals surface area contributed by atoms with E-state index in [1.807, 2.05) is 18.7 Å². The van der Waals surface area contributed by atoms with Gasteiger partial charge in [0.15, 0.2) is 5.96 Å². The number of aliphatic imine (C=N–C) groups is 1. The molecular weight excluding hydrogens is 413 g/mol. The van der Waals surface area contributed by atoms with Crippen molar-refractivity contribution in [3.8, 4) is 0 Å². The van der Waals surface area contributed by atoms with Crippen LogP contribution < -0.4 is 10.6 Å². The highest BCUT2D eigenvalue weighted by Crippen LogP contribution is 2.31. The maximum absolute atomic E-state index is 12.7. The van der Waals surface area contributed by atoms with Crippen molar-refractivity contribution in [3.63, 3.8) is 0 Å². The lowest BCUT2D eigenvalue weighted by Gasteiger charge is -2.31. The summed E-state index contributed by atoms with van der Waals surface area (Å²) in [6, 6.07) is 0.389. The van der Waals surface area contributed by atoms with E-state index in [1.165, 1.54) is 6.42 Å². The number of piperidine rings is 1. The Bertz CT molecular complexity index is 620. The van der Waals surface area contributed by atoms with Crippen molar-refractivity contribution >= 4 is 27.7 Å². The number of hydrogen-bond donors (Lipinski definition) is 2. The van der Waals surface area contributed by atoms with Gasteiger partial charge in [-0.05, 0) is 50.7 Å². The van der Waals surface area contributed by atoms with Gasteiger partial charge in [-0.15, -0.1) is 0 Å². The van der Waals surface area contributed by atoms with Gasteiger partial charge in [-0.25, -0.2) is 8.42 Å². The zero-order valence-corrected chi connectivity index (χ0v) is 18.1. The van der Waals surface area contributed by atoms with E-state index in [0.717, 1.165) is 31.1 Å². The Morgan fingerprint density at radius 3 is 2.43 bits per heavy atom. The number of nitrogens with zero attached hydrogens (tertiary/aromatic N) is 2. The summed E-state index contributed by atoms with van der Waals surface area (Å²) in [7, 11) is -5.22. The number of thioether (sulfide) groups is 1. The molecule has 0 aromatic rings. The fourth-order valence-electron chi connectivity index (χ4n) is 3.67. The number of halogens is 3. The molecule has 0 aromatic carbocycles. The Morgan fingerprint density at radius 2 is 1.86 bits per heavy atom. The monoisotopic (exact) mass is 444 g/mol. The summed E-state index contributed by atoms with van der Waals surface area (Å²) in [5, 5.41) is 7.38. The van der Waals surface area contributed by atoms with Gasteiger partial charge in [0.1, 0.15) is 0 Å². The zero-order valence-electron chi connectivity index (χ0n) is 16.5. The minimum atomic E-state index is -5.23. The van der Waals surface area contributed by atoms with Gasteiger partial charge in [-0.1, -0.05) is 6.92 Å². The predicted molar refractivity (Wildman–Crippen MR) is 108 cm³/mol. The molecule has 1 aliphatic carbocycles. The zero-order chi connectivity index (χ0) is 20.8. The average molecular weight is 445 g/mol. The van der Waals surface area contributed by atoms with Gasteiger partial charge >= 0.3 is 15.5 Å². The smallest absolute Gasteiger partial charge is 0.357 e. The number of alkyl halides is 3. The van der Waals surface area contributed by atoms with E-state index >= 15 is 0 Å². The van der Waals surface area contributed by atoms with Gasteiger partial charge in [0.25, 0.3) is 0 Å². The summed E-state index contributed by atoms with van der Waals surface area (Å²) >= 11 is 1.99. The molecule has 0 aromatic heterocycles. The lowest BCUT2D eigenvalue weighted by atomic mass is 9.98. The molecule has 2 fully saturated rings. The van der Waals surface area contributed by atoms with Crippen molar-refractivity contribution in [1.29, 1.82) is 0 Å². The van der Waals surface area contributed by atoms with Crippen LogP contribution in [0.15, 0.2) is 4.99 Å². The van der Waals surface area contributed by atoms with Crippen LogP contribution in [0.5, 0.6) is 0 Å². The molecule has 6 nitrogen and oxygen atoms in total. The van der Waals surface area contributed by atoms with E-state index in [9.17, 15) is 21.6 Å². The van der Waals surface area contributed by atoms with Gasteiger partial charge in [0.05, 0.1) is 0 Å². The summed E-state index contributed by atoms with van der Waals surface area (Å²) < 4.78 is 61.5. The molecule has 2 N–H and O–H groups in total. The van der Waals surface area contributed by atoms with E-state index in [0.29, 0.717) is 35.0 Å². The van der Waals surface area contributed by atoms with Crippen LogP contribution in [0.25, 0.3) is 0 Å². The molecule has 28 heavy (non-hydrogen) atoms. The van der Waals surface area contributed by atoms with Crippen LogP contribution in [0.1, 0.15) is 46.0 Å². The molecule has 2 unspecified atom stereocenters. The molecular formula is C17H31F3N4O2S2. The summed E-state index contributed by atoms with van der Waals surface area (Å²) in [5.74, 6) is 1.94. The molecule has 1 aliphatic heterocycles. The molecule has 2 aliphatic rings. The van der Waals surface area contributed by atoms with Crippen LogP contribution in [0.2, 0.25) is 0 Å². The quantitative estimate of drug-likeness (QED) is 0.467. The molecule has 2 atom stereocenters. The summed E-state index contributed by atoms with van der Waals surface area (Å²) in [6.45, 7) is 5.16. The van der Waals surface area contributed by atoms with Gasteiger partial charge in [0, 0.05) is 37.5 Å². The Kier molecular flexibility index (Phi) is 8.75. The largest absolute Gasteiger partial charge is 0.511 e. The minimum Gasteiger partial charge on any atom is -0.357 e. The highest BCUT2D eigenvalue weighted by molar-refractivity contribution is 7.99. The maximum Gasteiger partial charge on any atom is 0.511 e. The first-order valence-electron chi connectivity index (χ1n) is 9.90. The molecule has 1 heterocycles. The average Bonchev–Trinajstić information content (AvgIpc) is 3.07. The van der Waals surface area contributed by atoms with Gasteiger partial charge in [-0.3, -0.25) is 4.99 Å². The number of guanidine groups is 1. The number of rotatable bonds is 7. The Morgan fingerprint density at radius 1 is 1.18 bits per heavy atom. The van der Waals surface area contributed by atoms with E-state index in [1.54, 1.807) is 0 Å². The molecule has 164 valence electrons. The minimum absolute atomic E-state index is 0.0853. The van der Waals surface area contributed by atoms with Crippen molar-refractivity contribution in [2.75, 3.05) is 31.9 Å². The first-order valence-corrected chi connectivity index (χ1v) is 12.4. The van der Waals surface area contributed by atoms with Crippen molar-refractivity contribution < 1.29 is 21.6 Å². The summed E-state index contributed by atoms with van der Waals surface area (Å²) in [5.41, 5.74) is -5.23. The molecule has 0 amide bonds. The van der Waals surface area contributed by atoms with Crippen LogP contribution in [0.4, 0.5) is 13.2 Å². The van der Waals surface area contributed by atoms with Gasteiger partial charge in [0.2, 0.25) is 0 Å². The van der Waals surface area contributed by atoms with Crippen LogP contribution in [-0.4, -0.2) is 67.4 Å². The summed E-state index contributed by atoms with van der Waals surface area (Å²) in [4.78, 5) is 4.61. The maximum atomic E-state index is 12.7. The third kappa shape index (κ3) is 6.41. The number of nitrogens with one attached hydrogen (secondary N) is 2. The Labute approximate surface area is 170 Å². The lowest BCUT2D eigenvalue weighted by molar-refractivity contribution is -0.0496. The highest BCUT2D eigenvalue weighted by atomic mass is 32.2. The lowest BCUT2D eigenvalue weighted by Crippen LogP contribution is -2.45. The van der Waals surface area contributed by atoms with Crippen molar-refractivity contribution in [3.05, 3.63) is 0 Å². The summed E-state index contributed by atoms with van der Waals surface area (Å²) in [6.07, 6.45) is 4.18. The second-order valence-corrected chi connectivity index (χ2v) is 10.8. The fourth-order valence-corrected chi connectivity index (χ4v) is 5.80. The van der Waals surface area contributed by atoms with Crippen molar-refractivity contribution in [2.45, 2.75) is 62.8 Å². The predicted octanol–water partition coefficient (Wildman–Crippen LogP) is 2.78. The van der Waals surface area contributed by atoms with Crippen molar-refractivity contribution in [2.24, 2.45) is 10.9 Å². The van der Waals surface area contributed by atoms with Crippen LogP contribution in [0.3, 0.4) is 0 Å². The Hall–Kier alpha value is -0.680. The number of sulfonamides is 1. The van der Waals surface area contributed by atoms with Crippen LogP contribution in [0, 0.1) is 5.92 Å². The van der Waals surface area contributed by atoms with Crippen molar-refractivity contribution in [1.82, 2.24) is 14.9 Å². The standard InChI is InChI=1S/C17H31F3N4O2S2/c1-3-21-16(23-14-5-6-15(11-14)27-4-2)22-12-13-7-9-24(10-8-13)28(25,26)17(18,19)20/h13-15H,3-12H2,1-2H3,(H2,21,22,23). The highest BCUT2D eigenvalue weighted by Gasteiger charge is 2.50. The SMILES string of the molecule is CCNC(=NCC1CCN(S(=O)(=O)C(F)(F)F)CC1)NC1CCC(SCC)C1. The molecule has 1 saturated carbocycles. The van der Waals surface area contributed by atoms with Crippen LogP contribution >= 0.6 is 11.8 Å². The van der Waals surface area contributed by atoms with E-state index < -0.39 is 15.5 Å². The van der Waals surface area contributed by atoms with E-state index in [2.05, 4.69) is 22.5 Å².